The molecule has 1 amide bonds. The summed E-state index contributed by atoms with van der Waals surface area (Å²) < 4.78 is 3.53. The van der Waals surface area contributed by atoms with Crippen molar-refractivity contribution in [1.82, 2.24) is 14.8 Å². The Balaban J connectivity index is 1.99. The van der Waals surface area contributed by atoms with Gasteiger partial charge in [0.25, 0.3) is 0 Å². The molecule has 0 aliphatic carbocycles. The zero-order valence-electron chi connectivity index (χ0n) is 8.70. The fraction of sp³-hybridized carbons (Fsp3) is 0. The summed E-state index contributed by atoms with van der Waals surface area (Å²) in [4.78, 5) is 11.5. The number of nitrogen functional groups attached to an aromatic ring is 1. The number of hydrogen-bond acceptors (Lipinski definition) is 6. The first-order valence-electron chi connectivity index (χ1n) is 4.74. The number of rotatable bonds is 3. The van der Waals surface area contributed by atoms with E-state index < -0.39 is 0 Å². The molecule has 2 aromatic rings. The Kier molecular flexibility index (Phi) is 3.41. The van der Waals surface area contributed by atoms with Crippen LogP contribution in [0.15, 0.2) is 30.3 Å². The molecule has 0 spiro atoms. The highest BCUT2D eigenvalue weighted by Gasteiger charge is 2.00. The second-order valence-electron chi connectivity index (χ2n) is 3.16. The first-order chi connectivity index (χ1) is 8.24. The van der Waals surface area contributed by atoms with Gasteiger partial charge >= 0.3 is 0 Å². The second-order valence-corrected chi connectivity index (χ2v) is 3.89. The van der Waals surface area contributed by atoms with Gasteiger partial charge in [-0.1, -0.05) is 21.7 Å². The highest BCUT2D eigenvalue weighted by molar-refractivity contribution is 7.09. The van der Waals surface area contributed by atoms with Crippen LogP contribution >= 0.6 is 11.5 Å². The number of aromatic nitrogens is 3. The lowest BCUT2D eigenvalue weighted by Gasteiger charge is -1.96. The molecule has 1 aromatic carbocycles. The number of carbonyl (C=O) groups is 1. The maximum atomic E-state index is 11.5. The quantitative estimate of drug-likeness (QED) is 0.627. The lowest BCUT2D eigenvalue weighted by Crippen LogP contribution is -2.07. The minimum absolute atomic E-state index is 0.286. The average Bonchev–Trinajstić information content (AvgIpc) is 2.79. The minimum atomic E-state index is -0.286. The number of carbonyl (C=O) groups excluding carboxylic acids is 1. The van der Waals surface area contributed by atoms with Gasteiger partial charge in [-0.05, 0) is 29.0 Å². The molecular weight excluding hydrogens is 238 g/mol. The van der Waals surface area contributed by atoms with Crippen molar-refractivity contribution in [3.05, 3.63) is 35.9 Å². The number of hydrogen-bond donors (Lipinski definition) is 2. The van der Waals surface area contributed by atoms with E-state index in [1.807, 2.05) is 12.1 Å². The molecule has 0 aliphatic heterocycles. The topological polar surface area (TPSA) is 93.8 Å². The van der Waals surface area contributed by atoms with E-state index in [9.17, 15) is 4.79 Å². The molecular formula is C10H9N5OS. The normalized spacial score (nSPS) is 10.6. The van der Waals surface area contributed by atoms with Crippen LogP contribution in [-0.4, -0.2) is 20.7 Å². The fourth-order valence-corrected chi connectivity index (χ4v) is 1.53. The molecule has 17 heavy (non-hydrogen) atoms. The van der Waals surface area contributed by atoms with Crippen molar-refractivity contribution < 1.29 is 4.79 Å². The Morgan fingerprint density at radius 2 is 2.35 bits per heavy atom. The summed E-state index contributed by atoms with van der Waals surface area (Å²) in [5.41, 5.74) is 7.13. The fourth-order valence-electron chi connectivity index (χ4n) is 1.16. The Labute approximate surface area is 101 Å². The van der Waals surface area contributed by atoms with Gasteiger partial charge < -0.3 is 5.73 Å². The van der Waals surface area contributed by atoms with E-state index in [-0.39, 0.29) is 5.91 Å². The van der Waals surface area contributed by atoms with Gasteiger partial charge in [-0.2, -0.15) is 0 Å². The summed E-state index contributed by atoms with van der Waals surface area (Å²) in [7, 11) is 0. The third-order valence-corrected chi connectivity index (χ3v) is 2.38. The predicted octanol–water partition coefficient (Wildman–Crippen LogP) is 1.17. The molecule has 3 N–H and O–H groups in total. The minimum Gasteiger partial charge on any atom is -0.399 e. The molecule has 86 valence electrons. The molecule has 0 saturated heterocycles. The van der Waals surface area contributed by atoms with E-state index in [2.05, 4.69) is 20.1 Å². The zero-order chi connectivity index (χ0) is 12.1. The third-order valence-electron chi connectivity index (χ3n) is 1.87. The number of nitrogens with zero attached hydrogens (tertiary/aromatic N) is 3. The van der Waals surface area contributed by atoms with Crippen LogP contribution in [0.3, 0.4) is 0 Å². The Morgan fingerprint density at radius 1 is 1.47 bits per heavy atom. The smallest absolute Gasteiger partial charge is 0.250 e. The maximum Gasteiger partial charge on any atom is 0.250 e. The standard InChI is InChI=1S/C10H9N5OS/c11-8-3-1-2-7(6-8)4-5-9(16)12-10-13-14-15-17-10/h1-6H,11H2,(H,12,13,15,16)/b5-4+. The van der Waals surface area contributed by atoms with E-state index in [4.69, 9.17) is 5.73 Å². The molecule has 0 radical (unpaired) electrons. The molecule has 0 saturated carbocycles. The van der Waals surface area contributed by atoms with Gasteiger partial charge in [0.1, 0.15) is 0 Å². The number of nitrogens with two attached hydrogens (primary N) is 1. The molecule has 0 fully saturated rings. The maximum absolute atomic E-state index is 11.5. The van der Waals surface area contributed by atoms with Gasteiger partial charge in [-0.25, -0.2) is 0 Å². The van der Waals surface area contributed by atoms with Crippen molar-refractivity contribution in [2.75, 3.05) is 11.1 Å². The van der Waals surface area contributed by atoms with Crippen molar-refractivity contribution in [1.29, 1.82) is 0 Å². The highest BCUT2D eigenvalue weighted by Crippen LogP contribution is 2.09. The van der Waals surface area contributed by atoms with Crippen LogP contribution in [0.5, 0.6) is 0 Å². The number of benzene rings is 1. The van der Waals surface area contributed by atoms with Crippen molar-refractivity contribution in [3.63, 3.8) is 0 Å². The Bertz CT molecular complexity index is 537. The monoisotopic (exact) mass is 247 g/mol. The molecule has 0 bridgehead atoms. The number of anilines is 2. The molecule has 1 heterocycles. The first kappa shape index (κ1) is 11.2. The van der Waals surface area contributed by atoms with Gasteiger partial charge in [0.15, 0.2) is 0 Å². The Hall–Kier alpha value is -2.28. The van der Waals surface area contributed by atoms with Crippen LogP contribution in [0.4, 0.5) is 10.8 Å². The zero-order valence-corrected chi connectivity index (χ0v) is 9.52. The van der Waals surface area contributed by atoms with Crippen molar-refractivity contribution in [2.24, 2.45) is 0 Å². The van der Waals surface area contributed by atoms with Crippen LogP contribution in [-0.2, 0) is 4.79 Å². The lowest BCUT2D eigenvalue weighted by atomic mass is 10.2. The largest absolute Gasteiger partial charge is 0.399 e. The highest BCUT2D eigenvalue weighted by atomic mass is 32.1. The van der Waals surface area contributed by atoms with Gasteiger partial charge in [-0.3, -0.25) is 10.1 Å². The third kappa shape index (κ3) is 3.35. The summed E-state index contributed by atoms with van der Waals surface area (Å²) in [6.07, 6.45) is 3.07. The summed E-state index contributed by atoms with van der Waals surface area (Å²) in [5.74, 6) is -0.286. The molecule has 0 aliphatic rings. The Morgan fingerprint density at radius 3 is 3.06 bits per heavy atom. The van der Waals surface area contributed by atoms with Crippen LogP contribution in [0.25, 0.3) is 6.08 Å². The van der Waals surface area contributed by atoms with Crippen molar-refractivity contribution in [2.45, 2.75) is 0 Å². The SMILES string of the molecule is Nc1cccc(/C=C/C(=O)Nc2nnns2)c1. The van der Waals surface area contributed by atoms with Crippen molar-refractivity contribution in [3.8, 4) is 0 Å². The molecule has 6 nitrogen and oxygen atoms in total. The summed E-state index contributed by atoms with van der Waals surface area (Å²) in [6.45, 7) is 0. The van der Waals surface area contributed by atoms with Gasteiger partial charge in [0.2, 0.25) is 11.0 Å². The summed E-state index contributed by atoms with van der Waals surface area (Å²) in [6, 6.07) is 7.23. The van der Waals surface area contributed by atoms with Crippen LogP contribution < -0.4 is 11.1 Å². The van der Waals surface area contributed by atoms with E-state index in [0.717, 1.165) is 17.1 Å². The first-order valence-corrected chi connectivity index (χ1v) is 5.51. The summed E-state index contributed by atoms with van der Waals surface area (Å²) in [5, 5.41) is 9.87. The molecule has 0 atom stereocenters. The van der Waals surface area contributed by atoms with Gasteiger partial charge in [-0.15, -0.1) is 0 Å². The average molecular weight is 247 g/mol. The van der Waals surface area contributed by atoms with Crippen LogP contribution in [0.2, 0.25) is 0 Å². The van der Waals surface area contributed by atoms with Crippen molar-refractivity contribution >= 4 is 34.3 Å². The molecule has 1 aromatic heterocycles. The predicted molar refractivity (Wildman–Crippen MR) is 66.2 cm³/mol. The van der Waals surface area contributed by atoms with E-state index in [0.29, 0.717) is 10.8 Å². The number of nitrogens with one attached hydrogen (secondary N) is 1. The van der Waals surface area contributed by atoms with Crippen LogP contribution in [0, 0.1) is 0 Å². The van der Waals surface area contributed by atoms with Gasteiger partial charge in [0, 0.05) is 23.3 Å². The number of amides is 1. The van der Waals surface area contributed by atoms with E-state index in [1.54, 1.807) is 18.2 Å². The molecule has 7 heteroatoms. The lowest BCUT2D eigenvalue weighted by molar-refractivity contribution is -0.111. The summed E-state index contributed by atoms with van der Waals surface area (Å²) >= 11 is 1.02. The second kappa shape index (κ2) is 5.17. The van der Waals surface area contributed by atoms with Crippen LogP contribution in [0.1, 0.15) is 5.56 Å². The van der Waals surface area contributed by atoms with E-state index in [1.165, 1.54) is 6.08 Å². The molecule has 0 unspecified atom stereocenters. The van der Waals surface area contributed by atoms with Gasteiger partial charge in [0.05, 0.1) is 0 Å². The molecule has 2 rings (SSSR count). The van der Waals surface area contributed by atoms with E-state index >= 15 is 0 Å².